The molecule has 1 amide bonds. The van der Waals surface area contributed by atoms with E-state index in [1.54, 1.807) is 12.1 Å². The summed E-state index contributed by atoms with van der Waals surface area (Å²) in [7, 11) is 0. The maximum atomic E-state index is 12.4. The zero-order valence-corrected chi connectivity index (χ0v) is 16.9. The lowest BCUT2D eigenvalue weighted by molar-refractivity contribution is -0.128. The van der Waals surface area contributed by atoms with Crippen LogP contribution in [-0.4, -0.2) is 45.7 Å². The molecule has 1 heterocycles. The molecule has 0 radical (unpaired) electrons. The van der Waals surface area contributed by atoms with Crippen LogP contribution >= 0.6 is 0 Å². The summed E-state index contributed by atoms with van der Waals surface area (Å²) in [5.41, 5.74) is 1.38. The Labute approximate surface area is 172 Å². The van der Waals surface area contributed by atoms with Crippen molar-refractivity contribution in [1.29, 1.82) is 0 Å². The van der Waals surface area contributed by atoms with Gasteiger partial charge in [-0.3, -0.25) is 4.79 Å². The van der Waals surface area contributed by atoms with Crippen molar-refractivity contribution in [3.63, 3.8) is 0 Å². The maximum absolute atomic E-state index is 12.4. The van der Waals surface area contributed by atoms with Crippen LogP contribution in [-0.2, 0) is 11.2 Å². The number of hydrogen-bond acceptors (Lipinski definition) is 3. The van der Waals surface area contributed by atoms with Crippen molar-refractivity contribution >= 4 is 11.9 Å². The van der Waals surface area contributed by atoms with Crippen LogP contribution in [0.25, 0.3) is 0 Å². The molecule has 0 spiro atoms. The lowest BCUT2D eigenvalue weighted by atomic mass is 9.62. The van der Waals surface area contributed by atoms with Crippen molar-refractivity contribution in [2.75, 3.05) is 6.54 Å². The minimum atomic E-state index is -0.930. The molecule has 2 atom stereocenters. The number of carboxylic acids is 1. The average molecular weight is 398 g/mol. The standard InChI is InChI=1S/C24H31NO4/c26-21(24(13-1-14-24)16-18-2-3-18)10-8-20-9-11-22(27)25(20)15-12-17-4-6-19(7-5-17)23(28)29/h4-8,10,18,20-21,26H,1-3,9,11-16H2,(H,28,29)/b10-8+/t20-,21+/m0/s1. The van der Waals surface area contributed by atoms with Gasteiger partial charge in [-0.05, 0) is 55.7 Å². The molecule has 156 valence electrons. The number of likely N-dealkylation sites (tertiary alicyclic amines) is 1. The quantitative estimate of drug-likeness (QED) is 0.621. The van der Waals surface area contributed by atoms with Crippen LogP contribution < -0.4 is 0 Å². The van der Waals surface area contributed by atoms with Gasteiger partial charge in [-0.25, -0.2) is 4.79 Å². The number of rotatable bonds is 9. The monoisotopic (exact) mass is 397 g/mol. The summed E-state index contributed by atoms with van der Waals surface area (Å²) in [5, 5.41) is 19.9. The Kier molecular flexibility index (Phi) is 5.77. The van der Waals surface area contributed by atoms with Gasteiger partial charge in [0.2, 0.25) is 5.91 Å². The van der Waals surface area contributed by atoms with Gasteiger partial charge in [0, 0.05) is 18.4 Å². The lowest BCUT2D eigenvalue weighted by Gasteiger charge is -2.45. The first-order valence-electron chi connectivity index (χ1n) is 10.9. The molecule has 2 N–H and O–H groups in total. The first-order chi connectivity index (χ1) is 14.0. The smallest absolute Gasteiger partial charge is 0.335 e. The normalized spacial score (nSPS) is 24.7. The van der Waals surface area contributed by atoms with Gasteiger partial charge in [-0.1, -0.05) is 43.5 Å². The van der Waals surface area contributed by atoms with Gasteiger partial charge in [0.1, 0.15) is 0 Å². The van der Waals surface area contributed by atoms with Crippen LogP contribution in [0, 0.1) is 11.3 Å². The summed E-state index contributed by atoms with van der Waals surface area (Å²) in [6, 6.07) is 6.89. The van der Waals surface area contributed by atoms with Crippen LogP contribution in [0.4, 0.5) is 0 Å². The number of amides is 1. The average Bonchev–Trinajstić information content (AvgIpc) is 3.43. The third-order valence-electron chi connectivity index (χ3n) is 7.10. The van der Waals surface area contributed by atoms with Crippen molar-refractivity contribution in [3.8, 4) is 0 Å². The van der Waals surface area contributed by atoms with E-state index in [-0.39, 0.29) is 22.9 Å². The third kappa shape index (κ3) is 4.55. The molecule has 1 saturated heterocycles. The van der Waals surface area contributed by atoms with Crippen molar-refractivity contribution in [1.82, 2.24) is 4.90 Å². The maximum Gasteiger partial charge on any atom is 0.335 e. The molecule has 0 unspecified atom stereocenters. The second-order valence-corrected chi connectivity index (χ2v) is 9.14. The van der Waals surface area contributed by atoms with Gasteiger partial charge in [0.15, 0.2) is 0 Å². The van der Waals surface area contributed by atoms with E-state index in [0.29, 0.717) is 19.4 Å². The van der Waals surface area contributed by atoms with Crippen LogP contribution in [0.3, 0.4) is 0 Å². The molecule has 29 heavy (non-hydrogen) atoms. The summed E-state index contributed by atoms with van der Waals surface area (Å²) in [6.45, 7) is 0.615. The summed E-state index contributed by atoms with van der Waals surface area (Å²) in [6.07, 6.45) is 12.9. The second-order valence-electron chi connectivity index (χ2n) is 9.14. The fourth-order valence-electron chi connectivity index (χ4n) is 4.90. The highest BCUT2D eigenvalue weighted by molar-refractivity contribution is 5.87. The second kappa shape index (κ2) is 8.31. The highest BCUT2D eigenvalue weighted by Gasteiger charge is 2.45. The van der Waals surface area contributed by atoms with Crippen molar-refractivity contribution < 1.29 is 19.8 Å². The highest BCUT2D eigenvalue weighted by Crippen LogP contribution is 2.53. The number of aromatic carboxylic acids is 1. The van der Waals surface area contributed by atoms with Crippen molar-refractivity contribution in [2.24, 2.45) is 11.3 Å². The fraction of sp³-hybridized carbons (Fsp3) is 0.583. The van der Waals surface area contributed by atoms with Gasteiger partial charge in [-0.15, -0.1) is 0 Å². The number of carbonyl (C=O) groups excluding carboxylic acids is 1. The molecular weight excluding hydrogens is 366 g/mol. The molecule has 3 fully saturated rings. The molecule has 5 heteroatoms. The minimum absolute atomic E-state index is 0.0495. The topological polar surface area (TPSA) is 77.8 Å². The van der Waals surface area contributed by atoms with E-state index in [2.05, 4.69) is 6.08 Å². The number of carboxylic acid groups (broad SMARTS) is 1. The molecule has 2 aliphatic carbocycles. The SMILES string of the molecule is O=C(O)c1ccc(CCN2C(=O)CC[C@@H]2/C=C/[C@@H](O)C2(CC3CC3)CCC2)cc1. The van der Waals surface area contributed by atoms with E-state index in [0.717, 1.165) is 37.2 Å². The van der Waals surface area contributed by atoms with E-state index in [4.69, 9.17) is 5.11 Å². The molecule has 1 aliphatic heterocycles. The number of hydrogen-bond donors (Lipinski definition) is 2. The largest absolute Gasteiger partial charge is 0.478 e. The van der Waals surface area contributed by atoms with Gasteiger partial charge in [0.05, 0.1) is 17.7 Å². The van der Waals surface area contributed by atoms with Crippen molar-refractivity contribution in [3.05, 3.63) is 47.5 Å². The van der Waals surface area contributed by atoms with Gasteiger partial charge in [-0.2, -0.15) is 0 Å². The first kappa shape index (κ1) is 20.1. The van der Waals surface area contributed by atoms with Crippen LogP contribution in [0.1, 0.15) is 67.3 Å². The van der Waals surface area contributed by atoms with Crippen LogP contribution in [0.2, 0.25) is 0 Å². The van der Waals surface area contributed by atoms with E-state index < -0.39 is 12.1 Å². The van der Waals surface area contributed by atoms with E-state index >= 15 is 0 Å². The molecule has 4 rings (SSSR count). The predicted octanol–water partition coefficient (Wildman–Crippen LogP) is 3.81. The number of carbonyl (C=O) groups is 2. The van der Waals surface area contributed by atoms with Crippen LogP contribution in [0.5, 0.6) is 0 Å². The van der Waals surface area contributed by atoms with E-state index in [1.807, 2.05) is 23.1 Å². The van der Waals surface area contributed by atoms with E-state index in [9.17, 15) is 14.7 Å². The number of nitrogens with zero attached hydrogens (tertiary/aromatic N) is 1. The Bertz CT molecular complexity index is 777. The summed E-state index contributed by atoms with van der Waals surface area (Å²) >= 11 is 0. The van der Waals surface area contributed by atoms with Gasteiger partial charge >= 0.3 is 5.97 Å². The van der Waals surface area contributed by atoms with Crippen molar-refractivity contribution in [2.45, 2.75) is 69.9 Å². The molecule has 1 aromatic carbocycles. The Morgan fingerprint density at radius 1 is 1.21 bits per heavy atom. The molecular formula is C24H31NO4. The third-order valence-corrected chi connectivity index (χ3v) is 7.10. The Hall–Kier alpha value is -2.14. The molecule has 0 aromatic heterocycles. The van der Waals surface area contributed by atoms with Gasteiger partial charge < -0.3 is 15.1 Å². The Morgan fingerprint density at radius 3 is 2.52 bits per heavy atom. The Balaban J connectivity index is 1.35. The summed E-state index contributed by atoms with van der Waals surface area (Å²) < 4.78 is 0. The van der Waals surface area contributed by atoms with Crippen LogP contribution in [0.15, 0.2) is 36.4 Å². The zero-order chi connectivity index (χ0) is 20.4. The molecule has 1 aromatic rings. The summed E-state index contributed by atoms with van der Waals surface area (Å²) in [4.78, 5) is 25.2. The minimum Gasteiger partial charge on any atom is -0.478 e. The highest BCUT2D eigenvalue weighted by atomic mass is 16.4. The molecule has 3 aliphatic rings. The number of aliphatic hydroxyl groups excluding tert-OH is 1. The molecule has 2 saturated carbocycles. The lowest BCUT2D eigenvalue weighted by Crippen LogP contribution is -2.41. The molecule has 5 nitrogen and oxygen atoms in total. The molecule has 0 bridgehead atoms. The summed E-state index contributed by atoms with van der Waals surface area (Å²) in [5.74, 6) is 0.0454. The number of aliphatic hydroxyl groups is 1. The first-order valence-corrected chi connectivity index (χ1v) is 10.9. The predicted molar refractivity (Wildman–Crippen MR) is 111 cm³/mol. The van der Waals surface area contributed by atoms with E-state index in [1.165, 1.54) is 19.3 Å². The fourth-order valence-corrected chi connectivity index (χ4v) is 4.90. The zero-order valence-electron chi connectivity index (χ0n) is 16.9. The Morgan fingerprint density at radius 2 is 1.93 bits per heavy atom. The van der Waals surface area contributed by atoms with Gasteiger partial charge in [0.25, 0.3) is 0 Å². The number of benzene rings is 1.